The third kappa shape index (κ3) is 3.37. The summed E-state index contributed by atoms with van der Waals surface area (Å²) in [5.74, 6) is 0. The summed E-state index contributed by atoms with van der Waals surface area (Å²) in [6.45, 7) is 8.42. The van der Waals surface area contributed by atoms with Crippen molar-refractivity contribution in [3.63, 3.8) is 0 Å². The molecule has 97 valence electrons. The van der Waals surface area contributed by atoms with E-state index in [0.29, 0.717) is 0 Å². The first kappa shape index (κ1) is 14.1. The van der Waals surface area contributed by atoms with Crippen molar-refractivity contribution in [2.24, 2.45) is 7.22 Å². The summed E-state index contributed by atoms with van der Waals surface area (Å²) in [7, 11) is 0. The van der Waals surface area contributed by atoms with Crippen LogP contribution in [0.4, 0.5) is 11.4 Å². The molecule has 0 fully saturated rings. The van der Waals surface area contributed by atoms with Crippen LogP contribution in [-0.4, -0.2) is 0 Å². The number of rotatable bonds is 2. The van der Waals surface area contributed by atoms with Gasteiger partial charge in [0.1, 0.15) is 0 Å². The second-order valence-corrected chi connectivity index (χ2v) is 5.93. The van der Waals surface area contributed by atoms with Crippen molar-refractivity contribution in [1.82, 2.24) is 0 Å². The van der Waals surface area contributed by atoms with Crippen LogP contribution in [-0.2, 0) is 17.3 Å². The summed E-state index contributed by atoms with van der Waals surface area (Å²) in [4.78, 5) is 0. The molecule has 0 spiro atoms. The zero-order valence-electron chi connectivity index (χ0n) is 11.7. The second-order valence-electron chi connectivity index (χ2n) is 4.73. The molecule has 0 radical (unpaired) electrons. The van der Waals surface area contributed by atoms with Crippen molar-refractivity contribution in [2.45, 2.75) is 27.7 Å². The van der Waals surface area contributed by atoms with Gasteiger partial charge in [0.05, 0.1) is 0 Å². The van der Waals surface area contributed by atoms with Gasteiger partial charge in [-0.15, -0.1) is 0 Å². The summed E-state index contributed by atoms with van der Waals surface area (Å²) >= 11 is -0.550. The van der Waals surface area contributed by atoms with Crippen molar-refractivity contribution in [3.05, 3.63) is 58.7 Å². The third-order valence-electron chi connectivity index (χ3n) is 3.12. The monoisotopic (exact) mass is 335 g/mol. The van der Waals surface area contributed by atoms with E-state index in [4.69, 9.17) is 7.22 Å². The van der Waals surface area contributed by atoms with Gasteiger partial charge in [-0.1, -0.05) is 0 Å². The number of hydrogen-bond donors (Lipinski definition) is 0. The van der Waals surface area contributed by atoms with Gasteiger partial charge < -0.3 is 0 Å². The normalized spacial score (nSPS) is 9.89. The number of benzene rings is 2. The molecule has 0 N–H and O–H groups in total. The van der Waals surface area contributed by atoms with E-state index in [1.54, 1.807) is 0 Å². The van der Waals surface area contributed by atoms with Crippen LogP contribution in [0.3, 0.4) is 0 Å². The Balaban J connectivity index is 2.40. The van der Waals surface area contributed by atoms with Gasteiger partial charge in [-0.25, -0.2) is 0 Å². The van der Waals surface area contributed by atoms with Crippen molar-refractivity contribution in [2.75, 3.05) is 0 Å². The van der Waals surface area contributed by atoms with Gasteiger partial charge >= 0.3 is 122 Å². The molecule has 19 heavy (non-hydrogen) atoms. The zero-order valence-corrected chi connectivity index (χ0v) is 13.6. The van der Waals surface area contributed by atoms with Crippen LogP contribution in [0.1, 0.15) is 22.3 Å². The molecular weight excluding hydrogens is 318 g/mol. The molecule has 2 nitrogen and oxygen atoms in total. The van der Waals surface area contributed by atoms with Crippen molar-refractivity contribution < 1.29 is 17.3 Å². The Hall–Kier alpha value is -1.31. The Bertz CT molecular complexity index is 572. The van der Waals surface area contributed by atoms with Crippen LogP contribution >= 0.6 is 0 Å². The summed E-state index contributed by atoms with van der Waals surface area (Å²) in [6.07, 6.45) is 0. The van der Waals surface area contributed by atoms with Gasteiger partial charge in [-0.2, -0.15) is 0 Å². The average Bonchev–Trinajstić information content (AvgIpc) is 2.36. The Labute approximate surface area is 122 Å². The number of nitrogens with zero attached hydrogens (tertiary/aromatic N) is 2. The predicted molar refractivity (Wildman–Crippen MR) is 76.0 cm³/mol. The second kappa shape index (κ2) is 6.23. The van der Waals surface area contributed by atoms with E-state index >= 15 is 0 Å². The molecule has 0 bridgehead atoms. The van der Waals surface area contributed by atoms with Crippen LogP contribution in [0, 0.1) is 27.7 Å². The molecule has 0 aliphatic heterocycles. The van der Waals surface area contributed by atoms with E-state index in [2.05, 4.69) is 64.1 Å². The summed E-state index contributed by atoms with van der Waals surface area (Å²) in [5.41, 5.74) is 7.16. The van der Waals surface area contributed by atoms with Crippen LogP contribution in [0.25, 0.3) is 0 Å². The SMILES string of the molecule is Cc1cccc(C)c1[N]=[Tc+2]=[N]c1c(C)cccc1C. The Morgan fingerprint density at radius 1 is 0.632 bits per heavy atom. The maximum atomic E-state index is 4.73. The number of aryl methyl sites for hydroxylation is 4. The molecule has 0 aliphatic rings. The van der Waals surface area contributed by atoms with E-state index in [9.17, 15) is 0 Å². The fourth-order valence-electron chi connectivity index (χ4n) is 1.97. The third-order valence-corrected chi connectivity index (χ3v) is 4.33. The first-order valence-corrected chi connectivity index (χ1v) is 7.94. The van der Waals surface area contributed by atoms with Gasteiger partial charge in [0.25, 0.3) is 0 Å². The molecule has 0 aromatic heterocycles. The van der Waals surface area contributed by atoms with E-state index in [-0.39, 0.29) is 0 Å². The van der Waals surface area contributed by atoms with Gasteiger partial charge in [0.15, 0.2) is 0 Å². The summed E-state index contributed by atoms with van der Waals surface area (Å²) < 4.78 is 9.45. The summed E-state index contributed by atoms with van der Waals surface area (Å²) in [6, 6.07) is 12.6. The van der Waals surface area contributed by atoms with Crippen molar-refractivity contribution >= 4 is 11.4 Å². The van der Waals surface area contributed by atoms with Crippen LogP contribution < -0.4 is 0 Å². The molecule has 3 heteroatoms. The Morgan fingerprint density at radius 2 is 0.947 bits per heavy atom. The zero-order chi connectivity index (χ0) is 13.8. The molecule has 0 saturated carbocycles. The molecular formula is C16H18N2Tc+2. The van der Waals surface area contributed by atoms with E-state index in [1.165, 1.54) is 22.3 Å². The van der Waals surface area contributed by atoms with E-state index in [0.717, 1.165) is 11.4 Å². The molecule has 0 saturated heterocycles. The maximum absolute atomic E-state index is 4.73. The first-order valence-electron chi connectivity index (χ1n) is 6.27. The van der Waals surface area contributed by atoms with Gasteiger partial charge in [0.2, 0.25) is 0 Å². The van der Waals surface area contributed by atoms with Gasteiger partial charge in [-0.05, 0) is 0 Å². The Morgan fingerprint density at radius 3 is 1.26 bits per heavy atom. The fraction of sp³-hybridized carbons (Fsp3) is 0.250. The molecule has 0 unspecified atom stereocenters. The topological polar surface area (TPSA) is 24.7 Å². The summed E-state index contributed by atoms with van der Waals surface area (Å²) in [5, 5.41) is 0. The molecule has 2 aromatic rings. The van der Waals surface area contributed by atoms with Crippen molar-refractivity contribution in [3.8, 4) is 0 Å². The average molecular weight is 336 g/mol. The van der Waals surface area contributed by atoms with E-state index < -0.39 is 17.3 Å². The standard InChI is InChI=1S/2C8H9N.Tc/c2*1-6-4-3-5-7(2)8(6)9;/h2*3-5H,1-2H3;/q;;+2. The van der Waals surface area contributed by atoms with Crippen LogP contribution in [0.15, 0.2) is 43.6 Å². The predicted octanol–water partition coefficient (Wildman–Crippen LogP) is 5.33. The Kier molecular flexibility index (Phi) is 4.62. The molecule has 0 heterocycles. The fourth-order valence-corrected chi connectivity index (χ4v) is 3.75. The molecule has 2 aromatic carbocycles. The van der Waals surface area contributed by atoms with E-state index in [1.807, 2.05) is 0 Å². The molecule has 2 rings (SSSR count). The molecule has 0 aliphatic carbocycles. The minimum absolute atomic E-state index is 0.550. The van der Waals surface area contributed by atoms with Gasteiger partial charge in [0, 0.05) is 0 Å². The van der Waals surface area contributed by atoms with Crippen molar-refractivity contribution in [1.29, 1.82) is 0 Å². The van der Waals surface area contributed by atoms with Gasteiger partial charge in [-0.3, -0.25) is 0 Å². The van der Waals surface area contributed by atoms with Crippen LogP contribution in [0.2, 0.25) is 0 Å². The quantitative estimate of drug-likeness (QED) is 0.708. The minimum atomic E-state index is -0.550. The number of hydrogen-bond acceptors (Lipinski definition) is 2. The first-order chi connectivity index (χ1) is 9.09. The molecule has 0 atom stereocenters. The molecule has 0 amide bonds. The van der Waals surface area contributed by atoms with Crippen LogP contribution in [0.5, 0.6) is 0 Å².